The van der Waals surface area contributed by atoms with Crippen LogP contribution in [0.3, 0.4) is 0 Å². The Morgan fingerprint density at radius 1 is 0.800 bits per heavy atom. The number of hydrogen-bond donors (Lipinski definition) is 1. The van der Waals surface area contributed by atoms with Gasteiger partial charge in [0.25, 0.3) is 0 Å². The first-order valence-corrected chi connectivity index (χ1v) is 11.0. The Bertz CT molecular complexity index is 840. The first kappa shape index (κ1) is 20.8. The Balaban J connectivity index is 1.47. The van der Waals surface area contributed by atoms with Crippen molar-refractivity contribution in [3.8, 4) is 0 Å². The number of aliphatic hydroxyl groups excluding tert-OH is 1. The van der Waals surface area contributed by atoms with Crippen molar-refractivity contribution < 1.29 is 9.84 Å². The second kappa shape index (κ2) is 10.5. The first-order valence-electron chi connectivity index (χ1n) is 11.0. The third-order valence-corrected chi connectivity index (χ3v) is 5.94. The smallest absolute Gasteiger partial charge is 0.111 e. The maximum absolute atomic E-state index is 9.24. The van der Waals surface area contributed by atoms with E-state index in [1.165, 1.54) is 29.5 Å². The molecule has 1 saturated heterocycles. The summed E-state index contributed by atoms with van der Waals surface area (Å²) in [6.07, 6.45) is 4.57. The molecule has 1 N–H and O–H groups in total. The molecule has 156 valence electrons. The Morgan fingerprint density at radius 3 is 2.00 bits per heavy atom. The van der Waals surface area contributed by atoms with Gasteiger partial charge in [0.1, 0.15) is 12.3 Å². The molecule has 0 aromatic heterocycles. The van der Waals surface area contributed by atoms with Gasteiger partial charge in [0, 0.05) is 13.1 Å². The van der Waals surface area contributed by atoms with Gasteiger partial charge in [-0.25, -0.2) is 0 Å². The minimum atomic E-state index is -0.0539. The van der Waals surface area contributed by atoms with Gasteiger partial charge in [-0.2, -0.15) is 0 Å². The molecule has 1 aliphatic rings. The van der Waals surface area contributed by atoms with Crippen molar-refractivity contribution in [2.45, 2.75) is 44.6 Å². The predicted octanol–water partition coefficient (Wildman–Crippen LogP) is 5.34. The molecule has 30 heavy (non-hydrogen) atoms. The Hall–Kier alpha value is -2.46. The van der Waals surface area contributed by atoms with Crippen molar-refractivity contribution in [2.24, 2.45) is 0 Å². The summed E-state index contributed by atoms with van der Waals surface area (Å²) < 4.78 is 6.79. The highest BCUT2D eigenvalue weighted by atomic mass is 16.5. The first-order chi connectivity index (χ1) is 14.8. The molecule has 1 fully saturated rings. The molecule has 3 aromatic carbocycles. The van der Waals surface area contributed by atoms with Crippen LogP contribution >= 0.6 is 0 Å². The molecule has 0 bridgehead atoms. The molecule has 0 aliphatic carbocycles. The lowest BCUT2D eigenvalue weighted by Crippen LogP contribution is -2.43. The van der Waals surface area contributed by atoms with E-state index in [9.17, 15) is 5.11 Å². The van der Waals surface area contributed by atoms with Crippen LogP contribution < -0.4 is 0 Å². The van der Waals surface area contributed by atoms with Crippen LogP contribution in [0.5, 0.6) is 0 Å². The minimum absolute atomic E-state index is 0.0539. The Kier molecular flexibility index (Phi) is 7.30. The maximum Gasteiger partial charge on any atom is 0.111 e. The highest BCUT2D eigenvalue weighted by Crippen LogP contribution is 2.31. The zero-order valence-corrected chi connectivity index (χ0v) is 17.5. The minimum Gasteiger partial charge on any atom is -0.392 e. The average molecular weight is 402 g/mol. The predicted molar refractivity (Wildman–Crippen MR) is 121 cm³/mol. The van der Waals surface area contributed by atoms with Crippen LogP contribution in [-0.2, 0) is 17.8 Å². The van der Waals surface area contributed by atoms with Crippen molar-refractivity contribution in [3.63, 3.8) is 0 Å². The zero-order chi connectivity index (χ0) is 20.6. The number of aliphatic hydroxyl groups is 1. The van der Waals surface area contributed by atoms with E-state index in [1.807, 2.05) is 12.1 Å². The number of hydrogen-bond acceptors (Lipinski definition) is 3. The summed E-state index contributed by atoms with van der Waals surface area (Å²) in [5, 5.41) is 9.24. The molecule has 0 radical (unpaired) electrons. The quantitative estimate of drug-likeness (QED) is 0.553. The van der Waals surface area contributed by atoms with Crippen LogP contribution in [0.25, 0.3) is 0 Å². The van der Waals surface area contributed by atoms with E-state index < -0.39 is 0 Å². The molecule has 0 spiro atoms. The summed E-state index contributed by atoms with van der Waals surface area (Å²) in [5.74, 6) is 0. The largest absolute Gasteiger partial charge is 0.392 e. The summed E-state index contributed by atoms with van der Waals surface area (Å²) in [5.41, 5.74) is 4.67. The molecule has 4 rings (SSSR count). The van der Waals surface area contributed by atoms with E-state index in [2.05, 4.69) is 77.7 Å². The molecule has 1 heterocycles. The van der Waals surface area contributed by atoms with Gasteiger partial charge in [-0.1, -0.05) is 84.9 Å². The molecule has 1 unspecified atom stereocenters. The molecule has 3 nitrogen and oxygen atoms in total. The van der Waals surface area contributed by atoms with Gasteiger partial charge >= 0.3 is 0 Å². The van der Waals surface area contributed by atoms with Crippen molar-refractivity contribution >= 4 is 0 Å². The lowest BCUT2D eigenvalue weighted by atomic mass is 10.0. The monoisotopic (exact) mass is 401 g/mol. The van der Waals surface area contributed by atoms with Crippen LogP contribution in [-0.4, -0.2) is 29.3 Å². The number of piperidine rings is 1. The topological polar surface area (TPSA) is 32.7 Å². The number of ether oxygens (including phenoxy) is 1. The van der Waals surface area contributed by atoms with Crippen LogP contribution in [0.4, 0.5) is 0 Å². The maximum atomic E-state index is 9.24. The van der Waals surface area contributed by atoms with Gasteiger partial charge in [0.2, 0.25) is 0 Å². The number of rotatable bonds is 8. The fourth-order valence-electron chi connectivity index (χ4n) is 4.22. The molecular weight excluding hydrogens is 370 g/mol. The fourth-order valence-corrected chi connectivity index (χ4v) is 4.22. The van der Waals surface area contributed by atoms with Crippen molar-refractivity contribution in [3.05, 3.63) is 107 Å². The number of benzene rings is 3. The lowest BCUT2D eigenvalue weighted by Gasteiger charge is -2.38. The van der Waals surface area contributed by atoms with Crippen LogP contribution in [0.1, 0.15) is 47.6 Å². The van der Waals surface area contributed by atoms with Gasteiger partial charge in [0.05, 0.1) is 6.61 Å². The number of nitrogens with zero attached hydrogens (tertiary/aromatic N) is 1. The summed E-state index contributed by atoms with van der Waals surface area (Å²) in [7, 11) is 0. The van der Waals surface area contributed by atoms with E-state index in [0.717, 1.165) is 31.5 Å². The van der Waals surface area contributed by atoms with Gasteiger partial charge in [-0.05, 0) is 47.9 Å². The molecule has 3 heteroatoms. The second-order valence-electron chi connectivity index (χ2n) is 8.05. The van der Waals surface area contributed by atoms with E-state index in [0.29, 0.717) is 0 Å². The third-order valence-electron chi connectivity index (χ3n) is 5.94. The van der Waals surface area contributed by atoms with Crippen LogP contribution in [0.2, 0.25) is 0 Å². The summed E-state index contributed by atoms with van der Waals surface area (Å²) in [6, 6.07) is 29.4. The van der Waals surface area contributed by atoms with Gasteiger partial charge in [0.15, 0.2) is 0 Å². The number of likely N-dealkylation sites (tertiary alicyclic amines) is 1. The zero-order valence-electron chi connectivity index (χ0n) is 17.5. The molecule has 1 aliphatic heterocycles. The Labute approximate surface area is 179 Å². The van der Waals surface area contributed by atoms with Gasteiger partial charge < -0.3 is 9.84 Å². The summed E-state index contributed by atoms with van der Waals surface area (Å²) >= 11 is 0. The van der Waals surface area contributed by atoms with E-state index in [-0.39, 0.29) is 18.9 Å². The second-order valence-corrected chi connectivity index (χ2v) is 8.05. The fraction of sp³-hybridized carbons (Fsp3) is 0.333. The van der Waals surface area contributed by atoms with Crippen molar-refractivity contribution in [1.29, 1.82) is 0 Å². The highest BCUT2D eigenvalue weighted by Gasteiger charge is 2.27. The summed E-state index contributed by atoms with van der Waals surface area (Å²) in [4.78, 5) is 2.50. The molecule has 3 aromatic rings. The van der Waals surface area contributed by atoms with Gasteiger partial charge in [-0.3, -0.25) is 4.90 Å². The van der Waals surface area contributed by atoms with Crippen LogP contribution in [0.15, 0.2) is 84.9 Å². The Morgan fingerprint density at radius 2 is 1.40 bits per heavy atom. The highest BCUT2D eigenvalue weighted by molar-refractivity contribution is 5.30. The van der Waals surface area contributed by atoms with Crippen LogP contribution in [0, 0.1) is 0 Å². The van der Waals surface area contributed by atoms with Crippen molar-refractivity contribution in [2.75, 3.05) is 13.1 Å². The molecule has 0 saturated carbocycles. The summed E-state index contributed by atoms with van der Waals surface area (Å²) in [6.45, 7) is 2.16. The SMILES string of the molecule is OCc1ccc(CCN2CCCCC2OC(c2ccccc2)c2ccccc2)cc1. The van der Waals surface area contributed by atoms with E-state index in [4.69, 9.17) is 4.74 Å². The standard InChI is InChI=1S/C27H31NO2/c29-21-23-16-14-22(15-17-23)18-20-28-19-8-7-13-26(28)30-27(24-9-3-1-4-10-24)25-11-5-2-6-12-25/h1-6,9-12,14-17,26-27,29H,7-8,13,18-21H2. The average Bonchev–Trinajstić information content (AvgIpc) is 2.83. The molecular formula is C27H31NO2. The van der Waals surface area contributed by atoms with Gasteiger partial charge in [-0.15, -0.1) is 0 Å². The van der Waals surface area contributed by atoms with E-state index in [1.54, 1.807) is 0 Å². The normalized spacial score (nSPS) is 17.3. The van der Waals surface area contributed by atoms with E-state index >= 15 is 0 Å². The van der Waals surface area contributed by atoms with Crippen molar-refractivity contribution in [1.82, 2.24) is 4.90 Å². The lowest BCUT2D eigenvalue weighted by molar-refractivity contribution is -0.105. The third kappa shape index (κ3) is 5.37. The molecule has 0 amide bonds. The molecule has 1 atom stereocenters.